The Kier molecular flexibility index (Phi) is 14.0. The zero-order chi connectivity index (χ0) is 58.2. The Bertz CT molecular complexity index is 4310. The topological polar surface area (TPSA) is 56.7 Å². The Morgan fingerprint density at radius 3 is 1.81 bits per heavy atom. The molecule has 0 atom stereocenters. The molecule has 0 saturated heterocycles. The van der Waals surface area contributed by atoms with Crippen LogP contribution in [-0.2, 0) is 36.4 Å². The number of fused-ring (bicyclic) bond motifs is 7. The van der Waals surface area contributed by atoms with Crippen LogP contribution in [0.25, 0.3) is 105 Å². The summed E-state index contributed by atoms with van der Waals surface area (Å²) in [5.41, 5.74) is 17.9. The Morgan fingerprint density at radius 1 is 0.550 bits per heavy atom. The molecule has 3 aromatic heterocycles. The van der Waals surface area contributed by atoms with Crippen LogP contribution >= 0.6 is 0 Å². The fraction of sp³-hybridized carbons (Fsp3) is 0.257. The Balaban J connectivity index is 0.000000311. The fourth-order valence-corrected chi connectivity index (χ4v) is 10.8. The molecule has 0 N–H and O–H groups in total. The van der Waals surface area contributed by atoms with Crippen LogP contribution in [0.2, 0.25) is 0 Å². The summed E-state index contributed by atoms with van der Waals surface area (Å²) in [6.07, 6.45) is 1.72. The molecule has 6 heteroatoms. The molecule has 0 aliphatic carbocycles. The number of furan rings is 1. The fourth-order valence-electron chi connectivity index (χ4n) is 10.8. The second-order valence-corrected chi connectivity index (χ2v) is 25.0. The van der Waals surface area contributed by atoms with Gasteiger partial charge in [0.05, 0.1) is 28.3 Å². The minimum Gasteiger partial charge on any atom is -0.501 e. The van der Waals surface area contributed by atoms with Gasteiger partial charge in [0.25, 0.3) is 0 Å². The summed E-state index contributed by atoms with van der Waals surface area (Å²) in [7, 11) is 0. The van der Waals surface area contributed by atoms with Crippen LogP contribution in [0.15, 0.2) is 174 Å². The molecule has 0 bridgehead atoms. The maximum Gasteiger partial charge on any atom is 0.121 e. The van der Waals surface area contributed by atoms with Gasteiger partial charge in [-0.3, -0.25) is 15.0 Å². The molecule has 5 nitrogen and oxygen atoms in total. The van der Waals surface area contributed by atoms with Crippen molar-refractivity contribution in [3.8, 4) is 50.7 Å². The van der Waals surface area contributed by atoms with Crippen LogP contribution in [0.5, 0.6) is 0 Å². The number of benzene rings is 9. The molecule has 3 heterocycles. The Morgan fingerprint density at radius 2 is 1.19 bits per heavy atom. The molecular weight excluding hydrogens is 1150 g/mol. The first kappa shape index (κ1) is 51.9. The van der Waals surface area contributed by atoms with E-state index in [1.165, 1.54) is 77.8 Å². The molecule has 0 unspecified atom stereocenters. The Hall–Kier alpha value is -7.50. The van der Waals surface area contributed by atoms with Gasteiger partial charge in [-0.1, -0.05) is 199 Å². The van der Waals surface area contributed by atoms with Crippen molar-refractivity contribution in [2.24, 2.45) is 0 Å². The zero-order valence-corrected chi connectivity index (χ0v) is 50.7. The molecule has 0 amide bonds. The predicted molar refractivity (Wildman–Crippen MR) is 334 cm³/mol. The van der Waals surface area contributed by atoms with E-state index in [1.807, 2.05) is 12.1 Å². The summed E-state index contributed by atoms with van der Waals surface area (Å²) in [5.74, 6) is 1.87. The third-order valence-corrected chi connectivity index (χ3v) is 15.4. The molecule has 0 spiro atoms. The molecule has 0 aliphatic rings. The first-order valence-electron chi connectivity index (χ1n) is 29.3. The minimum absolute atomic E-state index is 0. The number of imidazole rings is 1. The van der Waals surface area contributed by atoms with Crippen LogP contribution < -0.4 is 0 Å². The standard InChI is InChI=1S/C59H55N2O.C15H17N2.Ir/c1-35(2)48-31-42(38-24-22-37(23-25-38)41-28-43(58(5,6)7)33-44(29-41)59(8,9)10)32-49(36(3)4)55(48)61-53-21-14-13-20-52(53)60-57(61)47-19-15-18-46-51-30-40-27-26-39-16-11-12-17-45(39)50(40)34-54(51)62-56(46)47;1-11-5-7-12(8-6-11)14-16-10-9-13(17-14)15(2,3)4;/h11-18,20-36H,1-10H3;5-7,9-10H,1-4H3;/q2*-1;/i;1D3;. The van der Waals surface area contributed by atoms with E-state index < -0.39 is 6.85 Å². The van der Waals surface area contributed by atoms with Crippen LogP contribution in [0.1, 0.15) is 139 Å². The summed E-state index contributed by atoms with van der Waals surface area (Å²) in [4.78, 5) is 14.2. The second kappa shape index (κ2) is 21.5. The molecule has 405 valence electrons. The maximum atomic E-state index is 7.35. The Labute approximate surface area is 491 Å². The molecule has 9 aromatic carbocycles. The number of para-hydroxylation sites is 2. The first-order valence-corrected chi connectivity index (χ1v) is 27.8. The summed E-state index contributed by atoms with van der Waals surface area (Å²) >= 11 is 0. The zero-order valence-electron chi connectivity index (χ0n) is 51.4. The van der Waals surface area contributed by atoms with Gasteiger partial charge < -0.3 is 8.98 Å². The predicted octanol–water partition coefficient (Wildman–Crippen LogP) is 20.4. The molecule has 0 fully saturated rings. The van der Waals surface area contributed by atoms with Gasteiger partial charge in [0.1, 0.15) is 5.58 Å². The third-order valence-electron chi connectivity index (χ3n) is 15.4. The number of aromatic nitrogens is 4. The van der Waals surface area contributed by atoms with E-state index in [1.54, 1.807) is 18.3 Å². The van der Waals surface area contributed by atoms with Crippen molar-refractivity contribution >= 4 is 54.5 Å². The van der Waals surface area contributed by atoms with E-state index >= 15 is 0 Å². The largest absolute Gasteiger partial charge is 0.501 e. The molecule has 0 aliphatic heterocycles. The molecule has 1 radical (unpaired) electrons. The summed E-state index contributed by atoms with van der Waals surface area (Å²) in [5, 5.41) is 6.99. The monoisotopic (exact) mass is 1230 g/mol. The summed E-state index contributed by atoms with van der Waals surface area (Å²) < 4.78 is 31.3. The van der Waals surface area contributed by atoms with E-state index in [4.69, 9.17) is 13.5 Å². The summed E-state index contributed by atoms with van der Waals surface area (Å²) in [6, 6.07) is 64.6. The van der Waals surface area contributed by atoms with E-state index in [2.05, 4.69) is 250 Å². The van der Waals surface area contributed by atoms with Gasteiger partial charge in [0.15, 0.2) is 0 Å². The van der Waals surface area contributed by atoms with Crippen molar-refractivity contribution in [2.75, 3.05) is 0 Å². The van der Waals surface area contributed by atoms with Gasteiger partial charge in [-0.25, -0.2) is 0 Å². The molecule has 0 saturated carbocycles. The van der Waals surface area contributed by atoms with Crippen molar-refractivity contribution in [1.82, 2.24) is 19.5 Å². The minimum atomic E-state index is -2.11. The number of hydrogen-bond acceptors (Lipinski definition) is 4. The average molecular weight is 1230 g/mol. The van der Waals surface area contributed by atoms with Crippen LogP contribution in [-0.4, -0.2) is 19.5 Å². The molecule has 12 aromatic rings. The van der Waals surface area contributed by atoms with Crippen molar-refractivity contribution in [1.29, 1.82) is 0 Å². The number of aryl methyl sites for hydroxylation is 1. The van der Waals surface area contributed by atoms with Gasteiger partial charge in [0, 0.05) is 52.6 Å². The SMILES string of the molecule is CC(C)c1cc(-c2ccc(-c3cc(C(C)(C)C)cc(C(C)(C)C)c3)cc2)cc(C(C)C)c1-n1c(-c2[c-]ccc3c2oc2cc4c(ccc5ccccc54)cc23)nc2ccccc21.[2H]C([2H])([2H])c1c[c-]c(-c2nccc(C(C)(C)C)n2)cc1.[Ir]. The van der Waals surface area contributed by atoms with E-state index in [-0.39, 0.29) is 53.7 Å². The van der Waals surface area contributed by atoms with Gasteiger partial charge in [-0.05, 0) is 131 Å². The van der Waals surface area contributed by atoms with Crippen LogP contribution in [0, 0.1) is 19.0 Å². The molecular formula is C74H72IrN4O-2. The summed E-state index contributed by atoms with van der Waals surface area (Å²) in [6.45, 7) is 27.2. The van der Waals surface area contributed by atoms with Crippen LogP contribution in [0.4, 0.5) is 0 Å². The van der Waals surface area contributed by atoms with Crippen molar-refractivity contribution in [3.05, 3.63) is 216 Å². The third kappa shape index (κ3) is 10.8. The smallest absolute Gasteiger partial charge is 0.121 e. The molecule has 80 heavy (non-hydrogen) atoms. The first-order chi connectivity index (χ1) is 38.8. The number of hydrogen-bond donors (Lipinski definition) is 0. The van der Waals surface area contributed by atoms with Crippen molar-refractivity contribution in [3.63, 3.8) is 0 Å². The van der Waals surface area contributed by atoms with Crippen molar-refractivity contribution in [2.45, 2.75) is 125 Å². The van der Waals surface area contributed by atoms with E-state index in [9.17, 15) is 0 Å². The van der Waals surface area contributed by atoms with E-state index in [0.717, 1.165) is 50.1 Å². The second-order valence-electron chi connectivity index (χ2n) is 25.0. The number of nitrogens with zero attached hydrogens (tertiary/aromatic N) is 4. The van der Waals surface area contributed by atoms with Gasteiger partial charge in [0.2, 0.25) is 0 Å². The van der Waals surface area contributed by atoms with Crippen LogP contribution in [0.3, 0.4) is 0 Å². The van der Waals surface area contributed by atoms with Gasteiger partial charge in [-0.2, -0.15) is 0 Å². The molecule has 12 rings (SSSR count). The normalized spacial score (nSPS) is 13.0. The number of rotatable bonds is 7. The average Bonchev–Trinajstić information content (AvgIpc) is 2.15. The van der Waals surface area contributed by atoms with Crippen molar-refractivity contribution < 1.29 is 28.6 Å². The maximum absolute atomic E-state index is 7.35. The quantitative estimate of drug-likeness (QED) is 0.118. The van der Waals surface area contributed by atoms with Gasteiger partial charge in [-0.15, -0.1) is 53.6 Å². The van der Waals surface area contributed by atoms with E-state index in [0.29, 0.717) is 11.4 Å². The van der Waals surface area contributed by atoms with Gasteiger partial charge >= 0.3 is 0 Å².